The van der Waals surface area contributed by atoms with Crippen LogP contribution >= 0.6 is 0 Å². The third-order valence-electron chi connectivity index (χ3n) is 13.8. The monoisotopic (exact) mass is 842 g/mol. The minimum Gasteiger partial charge on any atom is -0.454 e. The van der Waals surface area contributed by atoms with E-state index >= 15 is 0 Å². The van der Waals surface area contributed by atoms with Gasteiger partial charge in [-0.25, -0.2) is 0 Å². The molecule has 0 bridgehead atoms. The third kappa shape index (κ3) is 6.11. The predicted octanol–water partition coefficient (Wildman–Crippen LogP) is 18.7. The molecule has 4 heteroatoms. The van der Waals surface area contributed by atoms with Gasteiger partial charge in [-0.3, -0.25) is 0 Å². The molecule has 0 atom stereocenters. The Morgan fingerprint density at radius 1 is 0.338 bits per heavy atom. The van der Waals surface area contributed by atoms with Gasteiger partial charge in [0.05, 0.1) is 22.7 Å². The van der Waals surface area contributed by atoms with Crippen LogP contribution in [0, 0.1) is 0 Å². The maximum absolute atomic E-state index is 6.81. The summed E-state index contributed by atoms with van der Waals surface area (Å²) in [4.78, 5) is 4.86. The van der Waals surface area contributed by atoms with Gasteiger partial charge in [-0.1, -0.05) is 157 Å². The molecule has 0 aliphatic heterocycles. The molecule has 0 saturated heterocycles. The fourth-order valence-corrected chi connectivity index (χ4v) is 10.4. The molecule has 2 heterocycles. The van der Waals surface area contributed by atoms with E-state index in [1.807, 2.05) is 6.07 Å². The Kier molecular flexibility index (Phi) is 9.03. The molecule has 0 saturated carbocycles. The third-order valence-corrected chi connectivity index (χ3v) is 13.8. The number of fused-ring (bicyclic) bond motifs is 6. The number of rotatable bonds is 9. The van der Waals surface area contributed by atoms with Crippen molar-refractivity contribution < 1.29 is 8.83 Å². The van der Waals surface area contributed by atoms with Crippen LogP contribution in [0.5, 0.6) is 0 Å². The number of nitrogens with zero attached hydrogens (tertiary/aromatic N) is 2. The maximum Gasteiger partial charge on any atom is 0.159 e. The molecule has 316 valence electrons. The molecule has 4 nitrogen and oxygen atoms in total. The van der Waals surface area contributed by atoms with E-state index in [1.54, 1.807) is 0 Å². The van der Waals surface area contributed by atoms with Gasteiger partial charge in [-0.15, -0.1) is 0 Å². The Balaban J connectivity index is 1.16. The summed E-state index contributed by atoms with van der Waals surface area (Å²) in [6, 6.07) is 64.5. The fourth-order valence-electron chi connectivity index (χ4n) is 10.4. The van der Waals surface area contributed by atoms with E-state index in [2.05, 4.69) is 221 Å². The molecule has 0 radical (unpaired) electrons. The minimum absolute atomic E-state index is 0.256. The topological polar surface area (TPSA) is 32.8 Å². The zero-order chi connectivity index (χ0) is 44.1. The van der Waals surface area contributed by atoms with Crippen LogP contribution in [0.15, 0.2) is 185 Å². The summed E-state index contributed by atoms with van der Waals surface area (Å²) >= 11 is 0. The normalized spacial score (nSPS) is 12.3. The van der Waals surface area contributed by atoms with E-state index in [-0.39, 0.29) is 5.92 Å². The summed E-state index contributed by atoms with van der Waals surface area (Å²) in [6.45, 7) is 13.7. The average Bonchev–Trinajstić information content (AvgIpc) is 3.91. The lowest BCUT2D eigenvalue weighted by atomic mass is 9.86. The number of hydrogen-bond acceptors (Lipinski definition) is 4. The van der Waals surface area contributed by atoms with Gasteiger partial charge in [0, 0.05) is 43.7 Å². The van der Waals surface area contributed by atoms with E-state index in [0.29, 0.717) is 11.8 Å². The SMILES string of the molecule is CC(C)c1ccc(N(c2ccc3ccc4c(N(c5ccc(C(C)C)cc5)c5cccc6c5oc5ccccc56)cc(C(C)C)c5ccc2c3c54)c2cccc3c2oc2ccccc23)cc1. The summed E-state index contributed by atoms with van der Waals surface area (Å²) in [7, 11) is 0. The predicted molar refractivity (Wildman–Crippen MR) is 276 cm³/mol. The number of para-hydroxylation sites is 4. The van der Waals surface area contributed by atoms with Crippen LogP contribution in [0.4, 0.5) is 34.1 Å². The lowest BCUT2D eigenvalue weighted by Crippen LogP contribution is -2.13. The highest BCUT2D eigenvalue weighted by Crippen LogP contribution is 2.52. The van der Waals surface area contributed by atoms with Crippen molar-refractivity contribution in [3.63, 3.8) is 0 Å². The quantitative estimate of drug-likeness (QED) is 0.136. The summed E-state index contributed by atoms with van der Waals surface area (Å²) in [5, 5.41) is 11.8. The molecule has 0 aliphatic rings. The molecular formula is C61H50N2O2. The Morgan fingerprint density at radius 3 is 1.34 bits per heavy atom. The van der Waals surface area contributed by atoms with Crippen LogP contribution < -0.4 is 9.80 Å². The van der Waals surface area contributed by atoms with E-state index in [9.17, 15) is 0 Å². The summed E-state index contributed by atoms with van der Waals surface area (Å²) < 4.78 is 13.6. The lowest BCUT2D eigenvalue weighted by Gasteiger charge is -2.30. The molecule has 0 N–H and O–H groups in total. The number of benzene rings is 10. The molecule has 12 aromatic rings. The smallest absolute Gasteiger partial charge is 0.159 e. The molecular weight excluding hydrogens is 793 g/mol. The highest BCUT2D eigenvalue weighted by Gasteiger charge is 2.27. The molecule has 0 fully saturated rings. The van der Waals surface area contributed by atoms with E-state index in [1.165, 1.54) is 49.0 Å². The Hall–Kier alpha value is -7.56. The highest BCUT2D eigenvalue weighted by atomic mass is 16.3. The first kappa shape index (κ1) is 39.1. The molecule has 0 unspecified atom stereocenters. The molecule has 0 aliphatic carbocycles. The summed E-state index contributed by atoms with van der Waals surface area (Å²) in [5.74, 6) is 1.09. The van der Waals surface area contributed by atoms with Crippen LogP contribution in [-0.4, -0.2) is 0 Å². The first-order valence-corrected chi connectivity index (χ1v) is 23.1. The molecule has 12 rings (SSSR count). The number of anilines is 6. The second-order valence-corrected chi connectivity index (χ2v) is 18.6. The van der Waals surface area contributed by atoms with E-state index in [0.717, 1.165) is 78.0 Å². The second kappa shape index (κ2) is 15.0. The molecule has 65 heavy (non-hydrogen) atoms. The zero-order valence-corrected chi connectivity index (χ0v) is 37.7. The van der Waals surface area contributed by atoms with Gasteiger partial charge in [0.25, 0.3) is 0 Å². The van der Waals surface area contributed by atoms with Crippen molar-refractivity contribution in [1.82, 2.24) is 0 Å². The largest absolute Gasteiger partial charge is 0.454 e. The van der Waals surface area contributed by atoms with E-state index < -0.39 is 0 Å². The van der Waals surface area contributed by atoms with Gasteiger partial charge in [-0.05, 0) is 117 Å². The number of hydrogen-bond donors (Lipinski definition) is 0. The van der Waals surface area contributed by atoms with Crippen molar-refractivity contribution in [2.24, 2.45) is 0 Å². The summed E-state index contributed by atoms with van der Waals surface area (Å²) in [6.07, 6.45) is 0. The van der Waals surface area contributed by atoms with Gasteiger partial charge < -0.3 is 18.6 Å². The molecule has 0 spiro atoms. The fraction of sp³-hybridized carbons (Fsp3) is 0.148. The average molecular weight is 843 g/mol. The zero-order valence-electron chi connectivity index (χ0n) is 37.7. The molecule has 10 aromatic carbocycles. The van der Waals surface area contributed by atoms with Crippen LogP contribution in [0.2, 0.25) is 0 Å². The molecule has 2 aromatic heterocycles. The van der Waals surface area contributed by atoms with Crippen molar-refractivity contribution >= 4 is 110 Å². The van der Waals surface area contributed by atoms with Gasteiger partial charge >= 0.3 is 0 Å². The summed E-state index contributed by atoms with van der Waals surface area (Å²) in [5.41, 5.74) is 13.8. The van der Waals surface area contributed by atoms with Crippen LogP contribution in [0.1, 0.15) is 76.0 Å². The lowest BCUT2D eigenvalue weighted by molar-refractivity contribution is 0.668. The Bertz CT molecular complexity index is 3760. The standard InChI is InChI=1S/C61H50N2O2/c1-36(2)39-21-27-42(28-22-39)62(53-17-11-15-47-44-13-7-9-19-56(44)64-60(47)53)52-34-26-41-25-31-50-55(35-51(38(5)6)46-32-33-49(52)58(41)59(46)50)63(43-29-23-40(24-30-43)37(3)4)54-18-12-16-48-45-14-8-10-20-57(45)65-61(48)54/h7-38H,1-6H3. The van der Waals surface area contributed by atoms with Gasteiger partial charge in [-0.2, -0.15) is 0 Å². The Labute approximate surface area is 379 Å². The number of furan rings is 2. The van der Waals surface area contributed by atoms with Crippen LogP contribution in [0.25, 0.3) is 76.2 Å². The van der Waals surface area contributed by atoms with E-state index in [4.69, 9.17) is 8.83 Å². The first-order chi connectivity index (χ1) is 31.7. The van der Waals surface area contributed by atoms with Crippen molar-refractivity contribution in [2.45, 2.75) is 59.3 Å². The van der Waals surface area contributed by atoms with Crippen molar-refractivity contribution in [3.8, 4) is 0 Å². The maximum atomic E-state index is 6.81. The second-order valence-electron chi connectivity index (χ2n) is 18.6. The first-order valence-electron chi connectivity index (χ1n) is 23.1. The van der Waals surface area contributed by atoms with Crippen molar-refractivity contribution in [3.05, 3.63) is 193 Å². The van der Waals surface area contributed by atoms with Crippen molar-refractivity contribution in [2.75, 3.05) is 9.80 Å². The van der Waals surface area contributed by atoms with Crippen LogP contribution in [0.3, 0.4) is 0 Å². The van der Waals surface area contributed by atoms with Crippen molar-refractivity contribution in [1.29, 1.82) is 0 Å². The minimum atomic E-state index is 0.256. The van der Waals surface area contributed by atoms with Gasteiger partial charge in [0.2, 0.25) is 0 Å². The van der Waals surface area contributed by atoms with Gasteiger partial charge in [0.15, 0.2) is 11.2 Å². The molecule has 0 amide bonds. The highest BCUT2D eigenvalue weighted by molar-refractivity contribution is 6.29. The Morgan fingerprint density at radius 2 is 0.800 bits per heavy atom. The van der Waals surface area contributed by atoms with Gasteiger partial charge in [0.1, 0.15) is 11.2 Å². The van der Waals surface area contributed by atoms with Crippen LogP contribution in [-0.2, 0) is 0 Å².